The molecule has 0 aliphatic heterocycles. The molecular weight excluding hydrogens is 737 g/mol. The molecule has 3 N–H and O–H groups in total. The molecule has 57 heavy (non-hydrogen) atoms. The summed E-state index contributed by atoms with van der Waals surface area (Å²) in [7, 11) is -4.39. The van der Waals surface area contributed by atoms with E-state index in [1.165, 1.54) is 109 Å². The van der Waals surface area contributed by atoms with Crippen molar-refractivity contribution in [1.29, 1.82) is 0 Å². The molecule has 10 heteroatoms. The van der Waals surface area contributed by atoms with E-state index < -0.39 is 32.5 Å². The number of carbonyl (C=O) groups is 2. The molecule has 0 fully saturated rings. The molecule has 0 rings (SSSR count). The third-order valence-corrected chi connectivity index (χ3v) is 10.4. The van der Waals surface area contributed by atoms with Gasteiger partial charge in [-0.3, -0.25) is 18.6 Å². The van der Waals surface area contributed by atoms with E-state index in [1.54, 1.807) is 0 Å². The van der Waals surface area contributed by atoms with E-state index in [1.807, 2.05) is 0 Å². The largest absolute Gasteiger partial charge is 0.472 e. The zero-order valence-electron chi connectivity index (χ0n) is 36.3. The molecule has 0 aromatic carbocycles. The highest BCUT2D eigenvalue weighted by atomic mass is 31.2. The van der Waals surface area contributed by atoms with Crippen molar-refractivity contribution in [3.8, 4) is 0 Å². The zero-order chi connectivity index (χ0) is 41.8. The first-order valence-corrected chi connectivity index (χ1v) is 24.3. The predicted octanol–water partition coefficient (Wildman–Crippen LogP) is 13.3. The lowest BCUT2D eigenvalue weighted by Crippen LogP contribution is -2.29. The van der Waals surface area contributed by atoms with Gasteiger partial charge < -0.3 is 20.1 Å². The maximum atomic E-state index is 12.6. The molecule has 0 bridgehead atoms. The van der Waals surface area contributed by atoms with Crippen molar-refractivity contribution < 1.29 is 37.6 Å². The lowest BCUT2D eigenvalue weighted by atomic mass is 10.1. The minimum atomic E-state index is -4.39. The molecule has 2 atom stereocenters. The van der Waals surface area contributed by atoms with Gasteiger partial charge in [-0.1, -0.05) is 171 Å². The Morgan fingerprint density at radius 1 is 0.526 bits per heavy atom. The molecule has 0 saturated heterocycles. The SMILES string of the molecule is CCCC/C=C/CCCCCCCCCCCC(=O)O[C@@H](COC(=O)CCC/C=C/C/C=C/C/C=C/C/C=C/CCCCCCCCC)COP(=O)(O)OCCN. The van der Waals surface area contributed by atoms with E-state index in [9.17, 15) is 19.0 Å². The molecule has 0 radical (unpaired) electrons. The number of hydrogen-bond acceptors (Lipinski definition) is 8. The van der Waals surface area contributed by atoms with Gasteiger partial charge in [0.25, 0.3) is 0 Å². The van der Waals surface area contributed by atoms with Crippen LogP contribution in [0.25, 0.3) is 0 Å². The third kappa shape index (κ3) is 43.1. The smallest absolute Gasteiger partial charge is 0.462 e. The molecule has 0 aromatic heterocycles. The Kier molecular flexibility index (Phi) is 41.6. The number of esters is 2. The second kappa shape index (κ2) is 43.3. The Morgan fingerprint density at radius 2 is 0.947 bits per heavy atom. The normalized spacial score (nSPS) is 13.8. The van der Waals surface area contributed by atoms with Crippen LogP contribution in [-0.2, 0) is 32.7 Å². The Hall–Kier alpha value is -2.29. The average molecular weight is 822 g/mol. The van der Waals surface area contributed by atoms with Crippen LogP contribution in [0.3, 0.4) is 0 Å². The van der Waals surface area contributed by atoms with E-state index in [0.717, 1.165) is 44.9 Å². The molecule has 0 aliphatic carbocycles. The predicted molar refractivity (Wildman–Crippen MR) is 238 cm³/mol. The summed E-state index contributed by atoms with van der Waals surface area (Å²) in [6.45, 7) is 3.64. The van der Waals surface area contributed by atoms with Crippen molar-refractivity contribution in [2.75, 3.05) is 26.4 Å². The summed E-state index contributed by atoms with van der Waals surface area (Å²) in [5.41, 5.74) is 5.35. The summed E-state index contributed by atoms with van der Waals surface area (Å²) >= 11 is 0. The van der Waals surface area contributed by atoms with Crippen molar-refractivity contribution in [2.24, 2.45) is 5.73 Å². The van der Waals surface area contributed by atoms with Gasteiger partial charge in [0.2, 0.25) is 0 Å². The van der Waals surface area contributed by atoms with Crippen molar-refractivity contribution >= 4 is 19.8 Å². The first-order chi connectivity index (χ1) is 27.8. The molecule has 330 valence electrons. The molecule has 0 heterocycles. The van der Waals surface area contributed by atoms with Crippen LogP contribution < -0.4 is 5.73 Å². The lowest BCUT2D eigenvalue weighted by Gasteiger charge is -2.19. The first kappa shape index (κ1) is 54.7. The number of phosphoric ester groups is 1. The van der Waals surface area contributed by atoms with E-state index in [0.29, 0.717) is 12.8 Å². The number of hydrogen-bond donors (Lipinski definition) is 2. The summed E-state index contributed by atoms with van der Waals surface area (Å²) in [4.78, 5) is 34.9. The Labute approximate surface area is 349 Å². The summed E-state index contributed by atoms with van der Waals surface area (Å²) in [5, 5.41) is 0. The highest BCUT2D eigenvalue weighted by Gasteiger charge is 2.26. The Morgan fingerprint density at radius 3 is 1.47 bits per heavy atom. The van der Waals surface area contributed by atoms with Gasteiger partial charge in [0.15, 0.2) is 6.10 Å². The number of phosphoric acid groups is 1. The number of nitrogens with two attached hydrogens (primary N) is 1. The van der Waals surface area contributed by atoms with Crippen LogP contribution in [0.2, 0.25) is 0 Å². The molecule has 9 nitrogen and oxygen atoms in total. The number of rotatable bonds is 42. The Balaban J connectivity index is 4.22. The summed E-state index contributed by atoms with van der Waals surface area (Å²) in [5.74, 6) is -0.898. The van der Waals surface area contributed by atoms with Crippen LogP contribution in [0, 0.1) is 0 Å². The van der Waals surface area contributed by atoms with Gasteiger partial charge in [0.1, 0.15) is 6.61 Å². The van der Waals surface area contributed by atoms with E-state index >= 15 is 0 Å². The van der Waals surface area contributed by atoms with Gasteiger partial charge in [-0.05, 0) is 70.6 Å². The van der Waals surface area contributed by atoms with Gasteiger partial charge in [-0.2, -0.15) is 0 Å². The van der Waals surface area contributed by atoms with Crippen LogP contribution in [0.15, 0.2) is 60.8 Å². The number of carbonyl (C=O) groups excluding carboxylic acids is 2. The lowest BCUT2D eigenvalue weighted by molar-refractivity contribution is -0.161. The molecule has 0 aromatic rings. The highest BCUT2D eigenvalue weighted by molar-refractivity contribution is 7.47. The van der Waals surface area contributed by atoms with Crippen molar-refractivity contribution in [2.45, 2.75) is 200 Å². The number of ether oxygens (including phenoxy) is 2. The highest BCUT2D eigenvalue weighted by Crippen LogP contribution is 2.43. The fourth-order valence-corrected chi connectivity index (χ4v) is 6.73. The number of allylic oxidation sites excluding steroid dienone is 10. The third-order valence-electron chi connectivity index (χ3n) is 9.38. The molecule has 0 amide bonds. The van der Waals surface area contributed by atoms with Crippen molar-refractivity contribution in [3.63, 3.8) is 0 Å². The van der Waals surface area contributed by atoms with Gasteiger partial charge in [-0.25, -0.2) is 4.57 Å². The fourth-order valence-electron chi connectivity index (χ4n) is 5.96. The molecule has 0 spiro atoms. The van der Waals surface area contributed by atoms with Crippen molar-refractivity contribution in [1.82, 2.24) is 0 Å². The van der Waals surface area contributed by atoms with Crippen LogP contribution in [0.5, 0.6) is 0 Å². The summed E-state index contributed by atoms with van der Waals surface area (Å²) in [6, 6.07) is 0. The second-order valence-corrected chi connectivity index (χ2v) is 16.4. The van der Waals surface area contributed by atoms with Crippen LogP contribution in [-0.4, -0.2) is 49.3 Å². The second-order valence-electron chi connectivity index (χ2n) is 14.9. The fraction of sp³-hybridized carbons (Fsp3) is 0.745. The quantitative estimate of drug-likeness (QED) is 0.0267. The Bertz CT molecular complexity index is 1120. The van der Waals surface area contributed by atoms with Gasteiger partial charge in [-0.15, -0.1) is 0 Å². The average Bonchev–Trinajstić information content (AvgIpc) is 3.20. The minimum absolute atomic E-state index is 0.0439. The first-order valence-electron chi connectivity index (χ1n) is 22.8. The van der Waals surface area contributed by atoms with Crippen LogP contribution >= 0.6 is 7.82 Å². The van der Waals surface area contributed by atoms with E-state index in [2.05, 4.69) is 74.6 Å². The maximum Gasteiger partial charge on any atom is 0.472 e. The topological polar surface area (TPSA) is 134 Å². The number of unbranched alkanes of at least 4 members (excludes halogenated alkanes) is 19. The molecule has 0 saturated carbocycles. The minimum Gasteiger partial charge on any atom is -0.462 e. The monoisotopic (exact) mass is 822 g/mol. The standard InChI is InChI=1S/C47H84NO8P/c1-3-5-7-9-11-13-15-17-19-20-21-22-23-24-26-27-29-31-33-35-37-39-46(49)53-43-45(44-55-57(51,52)54-42-41-48)56-47(50)40-38-36-34-32-30-28-25-18-16-14-12-10-8-6-4-2/h10,12,19-20,22-23,26-27,31,33,45H,3-9,11,13-18,21,24-25,28-30,32,34-44,48H2,1-2H3,(H,51,52)/b12-10+,20-19+,23-22+,27-26+,33-31+/t45-/m0/s1. The molecule has 0 aliphatic rings. The zero-order valence-corrected chi connectivity index (χ0v) is 37.2. The van der Waals surface area contributed by atoms with Crippen LogP contribution in [0.4, 0.5) is 0 Å². The van der Waals surface area contributed by atoms with Crippen molar-refractivity contribution in [3.05, 3.63) is 60.8 Å². The molecular formula is C47H84NO8P. The summed E-state index contributed by atoms with van der Waals surface area (Å²) < 4.78 is 32.7. The van der Waals surface area contributed by atoms with Crippen LogP contribution in [0.1, 0.15) is 194 Å². The molecule has 1 unspecified atom stereocenters. The van der Waals surface area contributed by atoms with Gasteiger partial charge >= 0.3 is 19.8 Å². The van der Waals surface area contributed by atoms with Gasteiger partial charge in [0, 0.05) is 19.4 Å². The van der Waals surface area contributed by atoms with E-state index in [4.69, 9.17) is 24.3 Å². The summed E-state index contributed by atoms with van der Waals surface area (Å²) in [6.07, 6.45) is 51.2. The van der Waals surface area contributed by atoms with Gasteiger partial charge in [0.05, 0.1) is 13.2 Å². The maximum absolute atomic E-state index is 12.6. The van der Waals surface area contributed by atoms with E-state index in [-0.39, 0.29) is 32.6 Å².